The molecule has 2 unspecified atom stereocenters. The first-order chi connectivity index (χ1) is 24.9. The first-order valence-electron chi connectivity index (χ1n) is 19.9. The Kier molecular flexibility index (Phi) is 37.6. The first-order valence-corrected chi connectivity index (χ1v) is 21.4. The molecule has 51 heavy (non-hydrogen) atoms. The SMILES string of the molecule is CC/C=C\C/C=C\C/C=C\C/C=C\C/C=C\C/C=C\CCCCC(=O)OC(COCCCCCCCCCCCCC)COP(=O)(O)OCCN. The van der Waals surface area contributed by atoms with Crippen LogP contribution in [0.3, 0.4) is 0 Å². The normalized spacial score (nSPS) is 14.4. The summed E-state index contributed by atoms with van der Waals surface area (Å²) in [7, 11) is -4.29. The van der Waals surface area contributed by atoms with E-state index < -0.39 is 13.9 Å². The molecule has 0 aliphatic carbocycles. The molecule has 0 aromatic carbocycles. The van der Waals surface area contributed by atoms with Crippen LogP contribution in [0.5, 0.6) is 0 Å². The van der Waals surface area contributed by atoms with E-state index >= 15 is 0 Å². The average molecular weight is 736 g/mol. The molecule has 0 aromatic rings. The third-order valence-electron chi connectivity index (χ3n) is 7.89. The van der Waals surface area contributed by atoms with Crippen LogP contribution in [0, 0.1) is 0 Å². The maximum Gasteiger partial charge on any atom is 0.472 e. The first kappa shape index (κ1) is 48.9. The Balaban J connectivity index is 4.17. The van der Waals surface area contributed by atoms with Gasteiger partial charge in [0.2, 0.25) is 0 Å². The second-order valence-corrected chi connectivity index (χ2v) is 14.2. The largest absolute Gasteiger partial charge is 0.472 e. The average Bonchev–Trinajstić information content (AvgIpc) is 3.12. The number of carbonyl (C=O) groups is 1. The number of hydrogen-bond acceptors (Lipinski definition) is 7. The molecule has 0 spiro atoms. The third-order valence-corrected chi connectivity index (χ3v) is 8.87. The van der Waals surface area contributed by atoms with Crippen LogP contribution >= 0.6 is 7.82 Å². The molecule has 0 heterocycles. The van der Waals surface area contributed by atoms with Gasteiger partial charge in [-0.15, -0.1) is 0 Å². The minimum Gasteiger partial charge on any atom is -0.457 e. The maximum atomic E-state index is 12.5. The molecule has 0 aliphatic heterocycles. The van der Waals surface area contributed by atoms with Gasteiger partial charge in [0.1, 0.15) is 6.10 Å². The summed E-state index contributed by atoms with van der Waals surface area (Å²) in [5, 5.41) is 0. The standard InChI is InChI=1S/C42H74NO7P/c1-3-5-7-9-11-13-15-16-17-18-19-20-21-22-23-24-25-27-29-31-33-35-42(44)50-41(40-49-51(45,46)48-38-36-43)39-47-37-34-32-30-28-26-14-12-10-8-6-4-2/h5,7,11,13,16-17,19-20,22-23,25,27,41H,3-4,6,8-10,12,14-15,18,21,24,26,28-40,43H2,1-2H3,(H,45,46)/b7-5-,13-11-,17-16-,20-19-,23-22-,27-25-. The molecule has 0 rings (SSSR count). The highest BCUT2D eigenvalue weighted by Crippen LogP contribution is 2.43. The fourth-order valence-electron chi connectivity index (χ4n) is 5.00. The molecule has 2 atom stereocenters. The summed E-state index contributed by atoms with van der Waals surface area (Å²) in [6.45, 7) is 4.72. The van der Waals surface area contributed by atoms with Crippen LogP contribution in [-0.2, 0) is 27.9 Å². The van der Waals surface area contributed by atoms with Crippen LogP contribution < -0.4 is 5.73 Å². The van der Waals surface area contributed by atoms with Gasteiger partial charge in [0.05, 0.1) is 19.8 Å². The van der Waals surface area contributed by atoms with Crippen LogP contribution in [0.2, 0.25) is 0 Å². The summed E-state index contributed by atoms with van der Waals surface area (Å²) in [4.78, 5) is 22.4. The van der Waals surface area contributed by atoms with Gasteiger partial charge in [0, 0.05) is 19.6 Å². The lowest BCUT2D eigenvalue weighted by atomic mass is 10.1. The van der Waals surface area contributed by atoms with E-state index in [-0.39, 0.29) is 38.8 Å². The number of esters is 1. The van der Waals surface area contributed by atoms with Crippen molar-refractivity contribution in [2.75, 3.05) is 33.0 Å². The van der Waals surface area contributed by atoms with Gasteiger partial charge >= 0.3 is 13.8 Å². The van der Waals surface area contributed by atoms with E-state index in [1.165, 1.54) is 57.8 Å². The third kappa shape index (κ3) is 39.0. The topological polar surface area (TPSA) is 117 Å². The molecular weight excluding hydrogens is 661 g/mol. The number of ether oxygens (including phenoxy) is 2. The lowest BCUT2D eigenvalue weighted by Gasteiger charge is -2.20. The second-order valence-electron chi connectivity index (χ2n) is 12.8. The highest BCUT2D eigenvalue weighted by atomic mass is 31.2. The van der Waals surface area contributed by atoms with Gasteiger partial charge in [0.25, 0.3) is 0 Å². The van der Waals surface area contributed by atoms with E-state index in [9.17, 15) is 14.3 Å². The molecule has 0 bridgehead atoms. The van der Waals surface area contributed by atoms with Crippen LogP contribution in [0.4, 0.5) is 0 Å². The number of nitrogens with two attached hydrogens (primary N) is 1. The zero-order valence-electron chi connectivity index (χ0n) is 32.3. The molecule has 0 saturated carbocycles. The summed E-state index contributed by atoms with van der Waals surface area (Å²) >= 11 is 0. The molecule has 0 amide bonds. The lowest BCUT2D eigenvalue weighted by molar-refractivity contribution is -0.154. The van der Waals surface area contributed by atoms with Gasteiger partial charge in [0.15, 0.2) is 0 Å². The van der Waals surface area contributed by atoms with Crippen molar-refractivity contribution in [3.63, 3.8) is 0 Å². The number of carbonyl (C=O) groups excluding carboxylic acids is 1. The summed E-state index contributed by atoms with van der Waals surface area (Å²) in [5.74, 6) is -0.375. The molecule has 3 N–H and O–H groups in total. The number of hydrogen-bond donors (Lipinski definition) is 2. The minimum atomic E-state index is -4.29. The minimum absolute atomic E-state index is 0.0902. The van der Waals surface area contributed by atoms with Crippen molar-refractivity contribution in [3.8, 4) is 0 Å². The van der Waals surface area contributed by atoms with Gasteiger partial charge in [-0.1, -0.05) is 151 Å². The number of unbranched alkanes of at least 4 members (excludes halogenated alkanes) is 12. The van der Waals surface area contributed by atoms with Crippen molar-refractivity contribution in [3.05, 3.63) is 72.9 Å². The fraction of sp³-hybridized carbons (Fsp3) is 0.690. The van der Waals surface area contributed by atoms with Crippen LogP contribution in [0.1, 0.15) is 149 Å². The van der Waals surface area contributed by atoms with Crippen molar-refractivity contribution in [1.82, 2.24) is 0 Å². The number of allylic oxidation sites excluding steroid dienone is 12. The second kappa shape index (κ2) is 39.2. The van der Waals surface area contributed by atoms with Crippen molar-refractivity contribution in [2.45, 2.75) is 155 Å². The fourth-order valence-corrected chi connectivity index (χ4v) is 5.76. The number of phosphoric ester groups is 1. The summed E-state index contributed by atoms with van der Waals surface area (Å²) in [6.07, 6.45) is 47.7. The van der Waals surface area contributed by atoms with E-state index in [1.807, 2.05) is 0 Å². The van der Waals surface area contributed by atoms with E-state index in [0.717, 1.165) is 64.2 Å². The molecule has 0 aliphatic rings. The Morgan fingerprint density at radius 2 is 1.10 bits per heavy atom. The number of rotatable bonds is 37. The van der Waals surface area contributed by atoms with Gasteiger partial charge in [-0.25, -0.2) is 4.57 Å². The predicted molar refractivity (Wildman–Crippen MR) is 215 cm³/mol. The Labute approximate surface area is 312 Å². The molecule has 0 fully saturated rings. The summed E-state index contributed by atoms with van der Waals surface area (Å²) < 4.78 is 33.3. The maximum absolute atomic E-state index is 12.5. The van der Waals surface area contributed by atoms with Crippen molar-refractivity contribution < 1.29 is 32.8 Å². The molecule has 0 radical (unpaired) electrons. The molecular formula is C42H74NO7P. The molecule has 0 saturated heterocycles. The Hall–Kier alpha value is -2.06. The van der Waals surface area contributed by atoms with Crippen LogP contribution in [0.15, 0.2) is 72.9 Å². The summed E-state index contributed by atoms with van der Waals surface area (Å²) in [5.41, 5.74) is 5.35. The molecule has 8 nitrogen and oxygen atoms in total. The predicted octanol–water partition coefficient (Wildman–Crippen LogP) is 11.6. The summed E-state index contributed by atoms with van der Waals surface area (Å²) in [6, 6.07) is 0. The van der Waals surface area contributed by atoms with E-state index in [1.54, 1.807) is 0 Å². The van der Waals surface area contributed by atoms with E-state index in [0.29, 0.717) is 13.0 Å². The molecule has 0 aromatic heterocycles. The van der Waals surface area contributed by atoms with Gasteiger partial charge in [-0.3, -0.25) is 13.8 Å². The van der Waals surface area contributed by atoms with Crippen LogP contribution in [-0.4, -0.2) is 49.9 Å². The lowest BCUT2D eigenvalue weighted by Crippen LogP contribution is -2.28. The van der Waals surface area contributed by atoms with Crippen molar-refractivity contribution >= 4 is 13.8 Å². The Morgan fingerprint density at radius 1 is 0.608 bits per heavy atom. The quantitative estimate of drug-likeness (QED) is 0.0280. The Morgan fingerprint density at radius 3 is 1.61 bits per heavy atom. The smallest absolute Gasteiger partial charge is 0.457 e. The highest BCUT2D eigenvalue weighted by molar-refractivity contribution is 7.47. The molecule has 9 heteroatoms. The van der Waals surface area contributed by atoms with Crippen molar-refractivity contribution in [2.24, 2.45) is 5.73 Å². The zero-order chi connectivity index (χ0) is 37.4. The highest BCUT2D eigenvalue weighted by Gasteiger charge is 2.25. The van der Waals surface area contributed by atoms with Gasteiger partial charge in [-0.2, -0.15) is 0 Å². The van der Waals surface area contributed by atoms with E-state index in [4.69, 9.17) is 24.3 Å². The van der Waals surface area contributed by atoms with Crippen LogP contribution in [0.25, 0.3) is 0 Å². The van der Waals surface area contributed by atoms with Gasteiger partial charge in [-0.05, 0) is 64.2 Å². The van der Waals surface area contributed by atoms with Gasteiger partial charge < -0.3 is 20.1 Å². The molecule has 294 valence electrons. The Bertz CT molecular complexity index is 1010. The van der Waals surface area contributed by atoms with E-state index in [2.05, 4.69) is 86.8 Å². The number of phosphoric acid groups is 1. The zero-order valence-corrected chi connectivity index (χ0v) is 33.2. The van der Waals surface area contributed by atoms with Crippen molar-refractivity contribution in [1.29, 1.82) is 0 Å². The monoisotopic (exact) mass is 736 g/mol.